The van der Waals surface area contributed by atoms with Crippen LogP contribution in [-0.2, 0) is 0 Å². The second-order valence-electron chi connectivity index (χ2n) is 4.05. The van der Waals surface area contributed by atoms with Crippen LogP contribution in [0.15, 0.2) is 18.2 Å². The summed E-state index contributed by atoms with van der Waals surface area (Å²) in [7, 11) is 4.90. The van der Waals surface area contributed by atoms with Crippen LogP contribution < -0.4 is 14.2 Å². The zero-order valence-electron chi connectivity index (χ0n) is 11.1. The first-order chi connectivity index (χ1) is 8.12. The Morgan fingerprint density at radius 1 is 0.941 bits per heavy atom. The summed E-state index contributed by atoms with van der Waals surface area (Å²) in [5, 5.41) is 0. The molecule has 0 saturated heterocycles. The van der Waals surface area contributed by atoms with E-state index in [-0.39, 0.29) is 0 Å². The van der Waals surface area contributed by atoms with Crippen LogP contribution in [0.4, 0.5) is 0 Å². The van der Waals surface area contributed by atoms with Crippen LogP contribution in [0.5, 0.6) is 17.2 Å². The van der Waals surface area contributed by atoms with Gasteiger partial charge in [0, 0.05) is 12.1 Å². The van der Waals surface area contributed by atoms with Crippen molar-refractivity contribution < 1.29 is 14.2 Å². The molecule has 0 saturated carbocycles. The predicted octanol–water partition coefficient (Wildman–Crippen LogP) is 3.38. The highest BCUT2D eigenvalue weighted by molar-refractivity contribution is 5.66. The molecule has 0 aliphatic rings. The van der Waals surface area contributed by atoms with Gasteiger partial charge in [0.05, 0.1) is 26.9 Å². The molecule has 3 heteroatoms. The van der Waals surface area contributed by atoms with E-state index in [1.807, 2.05) is 18.2 Å². The standard InChI is InChI=1S/C14H20O3/c1-10(2)6-7-12-13(16-4)8-11(15-3)9-14(12)17-5/h6-10H,1-5H3/b7-6+. The van der Waals surface area contributed by atoms with Gasteiger partial charge in [0.2, 0.25) is 0 Å². The van der Waals surface area contributed by atoms with Gasteiger partial charge in [-0.05, 0) is 5.92 Å². The fraction of sp³-hybridized carbons (Fsp3) is 0.429. The third-order valence-corrected chi connectivity index (χ3v) is 2.40. The molecule has 0 fully saturated rings. The lowest BCUT2D eigenvalue weighted by Crippen LogP contribution is -1.95. The number of benzene rings is 1. The summed E-state index contributed by atoms with van der Waals surface area (Å²) in [4.78, 5) is 0. The van der Waals surface area contributed by atoms with E-state index >= 15 is 0 Å². The highest BCUT2D eigenvalue weighted by atomic mass is 16.5. The van der Waals surface area contributed by atoms with Crippen molar-refractivity contribution in [2.45, 2.75) is 13.8 Å². The van der Waals surface area contributed by atoms with Crippen molar-refractivity contribution in [2.75, 3.05) is 21.3 Å². The van der Waals surface area contributed by atoms with E-state index in [0.717, 1.165) is 22.8 Å². The maximum absolute atomic E-state index is 5.35. The summed E-state index contributed by atoms with van der Waals surface area (Å²) in [5.41, 5.74) is 0.935. The Balaban J connectivity index is 3.24. The summed E-state index contributed by atoms with van der Waals surface area (Å²) in [6.07, 6.45) is 4.12. The van der Waals surface area contributed by atoms with Gasteiger partial charge in [-0.3, -0.25) is 0 Å². The molecule has 0 aliphatic carbocycles. The predicted molar refractivity (Wildman–Crippen MR) is 70.0 cm³/mol. The first kappa shape index (κ1) is 13.4. The topological polar surface area (TPSA) is 27.7 Å². The highest BCUT2D eigenvalue weighted by Gasteiger charge is 2.10. The van der Waals surface area contributed by atoms with Gasteiger partial charge in [0.1, 0.15) is 17.2 Å². The Kier molecular flexibility index (Phi) is 4.88. The van der Waals surface area contributed by atoms with Crippen LogP contribution in [-0.4, -0.2) is 21.3 Å². The molecule has 0 atom stereocenters. The summed E-state index contributed by atoms with van der Waals surface area (Å²) in [5.74, 6) is 2.70. The average molecular weight is 236 g/mol. The van der Waals surface area contributed by atoms with E-state index in [1.165, 1.54) is 0 Å². The summed E-state index contributed by atoms with van der Waals surface area (Å²) < 4.78 is 15.9. The molecule has 1 rings (SSSR count). The molecule has 0 unspecified atom stereocenters. The zero-order valence-corrected chi connectivity index (χ0v) is 11.1. The van der Waals surface area contributed by atoms with Crippen molar-refractivity contribution in [3.05, 3.63) is 23.8 Å². The third kappa shape index (κ3) is 3.41. The minimum Gasteiger partial charge on any atom is -0.496 e. The fourth-order valence-corrected chi connectivity index (χ4v) is 1.49. The molecule has 94 valence electrons. The zero-order chi connectivity index (χ0) is 12.8. The lowest BCUT2D eigenvalue weighted by atomic mass is 10.1. The van der Waals surface area contributed by atoms with Gasteiger partial charge < -0.3 is 14.2 Å². The van der Waals surface area contributed by atoms with Crippen molar-refractivity contribution in [3.8, 4) is 17.2 Å². The Morgan fingerprint density at radius 3 is 1.82 bits per heavy atom. The van der Waals surface area contributed by atoms with Crippen molar-refractivity contribution in [3.63, 3.8) is 0 Å². The van der Waals surface area contributed by atoms with Gasteiger partial charge in [-0.1, -0.05) is 26.0 Å². The molecule has 1 aromatic rings. The second kappa shape index (κ2) is 6.18. The van der Waals surface area contributed by atoms with Crippen LogP contribution in [0.2, 0.25) is 0 Å². The minimum atomic E-state index is 0.478. The molecular formula is C14H20O3. The van der Waals surface area contributed by atoms with Crippen LogP contribution in [0.25, 0.3) is 6.08 Å². The fourth-order valence-electron chi connectivity index (χ4n) is 1.49. The summed E-state index contributed by atoms with van der Waals surface area (Å²) in [6, 6.07) is 3.70. The number of allylic oxidation sites excluding steroid dienone is 1. The molecule has 3 nitrogen and oxygen atoms in total. The largest absolute Gasteiger partial charge is 0.496 e. The normalized spacial score (nSPS) is 10.9. The first-order valence-corrected chi connectivity index (χ1v) is 5.60. The number of ether oxygens (including phenoxy) is 3. The van der Waals surface area contributed by atoms with Crippen LogP contribution >= 0.6 is 0 Å². The number of methoxy groups -OCH3 is 3. The lowest BCUT2D eigenvalue weighted by Gasteiger charge is -2.12. The maximum atomic E-state index is 5.35. The highest BCUT2D eigenvalue weighted by Crippen LogP contribution is 2.35. The first-order valence-electron chi connectivity index (χ1n) is 5.60. The molecule has 0 N–H and O–H groups in total. The quantitative estimate of drug-likeness (QED) is 0.784. The van der Waals surface area contributed by atoms with Gasteiger partial charge in [-0.25, -0.2) is 0 Å². The van der Waals surface area contributed by atoms with E-state index < -0.39 is 0 Å². The van der Waals surface area contributed by atoms with Crippen molar-refractivity contribution in [1.82, 2.24) is 0 Å². The smallest absolute Gasteiger partial charge is 0.133 e. The molecule has 0 aliphatic heterocycles. The van der Waals surface area contributed by atoms with Crippen LogP contribution in [0, 0.1) is 5.92 Å². The Labute approximate surface area is 103 Å². The SMILES string of the molecule is COc1cc(OC)c(/C=C/C(C)C)c(OC)c1. The van der Waals surface area contributed by atoms with E-state index in [9.17, 15) is 0 Å². The average Bonchev–Trinajstić information content (AvgIpc) is 2.34. The maximum Gasteiger partial charge on any atom is 0.133 e. The molecule has 17 heavy (non-hydrogen) atoms. The summed E-state index contributed by atoms with van der Waals surface area (Å²) in [6.45, 7) is 4.25. The van der Waals surface area contributed by atoms with E-state index in [0.29, 0.717) is 5.92 Å². The number of hydrogen-bond donors (Lipinski definition) is 0. The van der Waals surface area contributed by atoms with Gasteiger partial charge in [0.15, 0.2) is 0 Å². The molecule has 0 aromatic heterocycles. The Hall–Kier alpha value is -1.64. The van der Waals surface area contributed by atoms with Gasteiger partial charge in [-0.2, -0.15) is 0 Å². The molecule has 1 aromatic carbocycles. The molecular weight excluding hydrogens is 216 g/mol. The van der Waals surface area contributed by atoms with Crippen LogP contribution in [0.1, 0.15) is 19.4 Å². The van der Waals surface area contributed by atoms with Gasteiger partial charge in [0.25, 0.3) is 0 Å². The van der Waals surface area contributed by atoms with Crippen molar-refractivity contribution in [1.29, 1.82) is 0 Å². The van der Waals surface area contributed by atoms with Crippen LogP contribution in [0.3, 0.4) is 0 Å². The summed E-state index contributed by atoms with van der Waals surface area (Å²) >= 11 is 0. The molecule has 0 heterocycles. The molecule has 0 amide bonds. The van der Waals surface area contributed by atoms with E-state index in [2.05, 4.69) is 19.9 Å². The molecule has 0 radical (unpaired) electrons. The molecule has 0 bridgehead atoms. The Morgan fingerprint density at radius 2 is 1.47 bits per heavy atom. The molecule has 0 spiro atoms. The second-order valence-corrected chi connectivity index (χ2v) is 4.05. The third-order valence-electron chi connectivity index (χ3n) is 2.40. The van der Waals surface area contributed by atoms with Crippen molar-refractivity contribution in [2.24, 2.45) is 5.92 Å². The number of hydrogen-bond acceptors (Lipinski definition) is 3. The van der Waals surface area contributed by atoms with Crippen molar-refractivity contribution >= 4 is 6.08 Å². The van der Waals surface area contributed by atoms with E-state index in [1.54, 1.807) is 21.3 Å². The Bertz CT molecular complexity index is 369. The number of rotatable bonds is 5. The minimum absolute atomic E-state index is 0.478. The monoisotopic (exact) mass is 236 g/mol. The lowest BCUT2D eigenvalue weighted by molar-refractivity contribution is 0.374. The van der Waals surface area contributed by atoms with Gasteiger partial charge >= 0.3 is 0 Å². The van der Waals surface area contributed by atoms with E-state index in [4.69, 9.17) is 14.2 Å². The van der Waals surface area contributed by atoms with Gasteiger partial charge in [-0.15, -0.1) is 0 Å².